The fraction of sp³-hybridized carbons (Fsp3) is 0.300. The smallest absolute Gasteiger partial charge is 0.328 e. The van der Waals surface area contributed by atoms with Crippen LogP contribution < -0.4 is 0 Å². The summed E-state index contributed by atoms with van der Waals surface area (Å²) in [6, 6.07) is 3.69. The summed E-state index contributed by atoms with van der Waals surface area (Å²) in [5, 5.41) is 8.72. The van der Waals surface area contributed by atoms with Gasteiger partial charge in [0.05, 0.1) is 4.34 Å². The Labute approximate surface area is 90.8 Å². The van der Waals surface area contributed by atoms with Crippen molar-refractivity contribution in [1.82, 2.24) is 0 Å². The molecule has 1 fully saturated rings. The fourth-order valence-corrected chi connectivity index (χ4v) is 2.53. The maximum atomic E-state index is 10.6. The van der Waals surface area contributed by atoms with Crippen LogP contribution in [0, 0.1) is 5.92 Å². The van der Waals surface area contributed by atoms with Gasteiger partial charge < -0.3 is 5.11 Å². The second-order valence-electron chi connectivity index (χ2n) is 3.32. The molecule has 4 heteroatoms. The van der Waals surface area contributed by atoms with Gasteiger partial charge in [0.15, 0.2) is 0 Å². The number of thiophene rings is 1. The van der Waals surface area contributed by atoms with Crippen LogP contribution in [-0.4, -0.2) is 11.1 Å². The molecule has 1 aromatic heterocycles. The van der Waals surface area contributed by atoms with Gasteiger partial charge in [-0.1, -0.05) is 11.6 Å². The highest BCUT2D eigenvalue weighted by molar-refractivity contribution is 7.17. The zero-order valence-electron chi connectivity index (χ0n) is 7.37. The van der Waals surface area contributed by atoms with E-state index in [1.165, 1.54) is 17.4 Å². The number of carbonyl (C=O) groups is 1. The van der Waals surface area contributed by atoms with Gasteiger partial charge in [-0.2, -0.15) is 0 Å². The van der Waals surface area contributed by atoms with E-state index in [1.54, 1.807) is 6.07 Å². The molecule has 0 saturated heterocycles. The summed E-state index contributed by atoms with van der Waals surface area (Å²) >= 11 is 7.25. The Morgan fingerprint density at radius 3 is 2.71 bits per heavy atom. The first kappa shape index (κ1) is 9.74. The third-order valence-corrected chi connectivity index (χ3v) is 3.43. The maximum absolute atomic E-state index is 10.6. The van der Waals surface area contributed by atoms with Crippen LogP contribution >= 0.6 is 22.9 Å². The number of hydrogen-bond acceptors (Lipinski definition) is 2. The Hall–Kier alpha value is -0.800. The first-order valence-corrected chi connectivity index (χ1v) is 5.56. The molecule has 74 valence electrons. The van der Waals surface area contributed by atoms with Crippen LogP contribution in [0.25, 0.3) is 5.57 Å². The molecule has 0 radical (unpaired) electrons. The molecule has 0 bridgehead atoms. The van der Waals surface area contributed by atoms with Crippen LogP contribution in [0.1, 0.15) is 17.7 Å². The van der Waals surface area contributed by atoms with Gasteiger partial charge >= 0.3 is 5.97 Å². The van der Waals surface area contributed by atoms with Crippen molar-refractivity contribution >= 4 is 34.5 Å². The normalized spacial score (nSPS) is 17.1. The van der Waals surface area contributed by atoms with Crippen LogP contribution in [0.3, 0.4) is 0 Å². The summed E-state index contributed by atoms with van der Waals surface area (Å²) in [5.74, 6) is -0.447. The molecule has 0 aliphatic heterocycles. The highest BCUT2D eigenvalue weighted by Gasteiger charge is 2.28. The average molecular weight is 229 g/mol. The van der Waals surface area contributed by atoms with Gasteiger partial charge in [-0.3, -0.25) is 0 Å². The molecule has 1 aliphatic carbocycles. The van der Waals surface area contributed by atoms with E-state index in [4.69, 9.17) is 16.7 Å². The maximum Gasteiger partial charge on any atom is 0.328 e. The van der Waals surface area contributed by atoms with E-state index in [2.05, 4.69) is 0 Å². The average Bonchev–Trinajstić information content (AvgIpc) is 2.85. The van der Waals surface area contributed by atoms with E-state index in [0.717, 1.165) is 23.3 Å². The van der Waals surface area contributed by atoms with Gasteiger partial charge in [-0.25, -0.2) is 4.79 Å². The number of carboxylic acid groups (broad SMARTS) is 1. The Balaban J connectivity index is 2.31. The van der Waals surface area contributed by atoms with Crippen LogP contribution in [-0.2, 0) is 4.79 Å². The lowest BCUT2D eigenvalue weighted by Crippen LogP contribution is -1.92. The molecule has 2 nitrogen and oxygen atoms in total. The summed E-state index contributed by atoms with van der Waals surface area (Å²) in [5.41, 5.74) is 0.925. The first-order chi connectivity index (χ1) is 6.66. The molecule has 0 unspecified atom stereocenters. The van der Waals surface area contributed by atoms with Crippen LogP contribution in [0.4, 0.5) is 0 Å². The van der Waals surface area contributed by atoms with Crippen molar-refractivity contribution in [2.45, 2.75) is 12.8 Å². The monoisotopic (exact) mass is 228 g/mol. The zero-order chi connectivity index (χ0) is 10.1. The van der Waals surface area contributed by atoms with Gasteiger partial charge in [0.2, 0.25) is 0 Å². The molecular formula is C10H9ClO2S. The highest BCUT2D eigenvalue weighted by Crippen LogP contribution is 2.44. The van der Waals surface area contributed by atoms with Gasteiger partial charge in [0.25, 0.3) is 0 Å². The summed E-state index contributed by atoms with van der Waals surface area (Å²) in [6.07, 6.45) is 3.49. The van der Waals surface area contributed by atoms with Crippen LogP contribution in [0.15, 0.2) is 18.2 Å². The predicted molar refractivity (Wildman–Crippen MR) is 57.7 cm³/mol. The molecule has 14 heavy (non-hydrogen) atoms. The number of rotatable bonds is 3. The van der Waals surface area contributed by atoms with E-state index in [1.807, 2.05) is 6.07 Å². The van der Waals surface area contributed by atoms with Gasteiger partial charge in [-0.05, 0) is 36.5 Å². The molecule has 1 N–H and O–H groups in total. The molecule has 0 aromatic carbocycles. The number of allylic oxidation sites excluding steroid dienone is 1. The van der Waals surface area contributed by atoms with E-state index < -0.39 is 5.97 Å². The Morgan fingerprint density at radius 1 is 1.57 bits per heavy atom. The Kier molecular flexibility index (Phi) is 2.61. The molecule has 0 amide bonds. The first-order valence-electron chi connectivity index (χ1n) is 4.37. The van der Waals surface area contributed by atoms with Crippen LogP contribution in [0.2, 0.25) is 4.34 Å². The number of halogens is 1. The number of carboxylic acids is 1. The lowest BCUT2D eigenvalue weighted by Gasteiger charge is -1.99. The summed E-state index contributed by atoms with van der Waals surface area (Å²) in [6.45, 7) is 0. The standard InChI is InChI=1S/C10H9ClO2S/c11-9-4-3-8(14-9)7(5-10(12)13)6-1-2-6/h3-6H,1-2H2,(H,12,13)/b7-5+. The molecule has 1 aromatic rings. The highest BCUT2D eigenvalue weighted by atomic mass is 35.5. The largest absolute Gasteiger partial charge is 0.478 e. The van der Waals surface area contributed by atoms with Crippen molar-refractivity contribution in [1.29, 1.82) is 0 Å². The fourth-order valence-electron chi connectivity index (χ4n) is 1.39. The van der Waals surface area contributed by atoms with E-state index in [0.29, 0.717) is 10.3 Å². The Bertz CT molecular complexity index is 391. The Morgan fingerprint density at radius 2 is 2.29 bits per heavy atom. The third kappa shape index (κ3) is 2.16. The van der Waals surface area contributed by atoms with Crippen molar-refractivity contribution in [3.63, 3.8) is 0 Å². The van der Waals surface area contributed by atoms with Crippen molar-refractivity contribution in [3.05, 3.63) is 27.4 Å². The second-order valence-corrected chi connectivity index (χ2v) is 5.03. The lowest BCUT2D eigenvalue weighted by molar-refractivity contribution is -0.131. The molecule has 1 heterocycles. The quantitative estimate of drug-likeness (QED) is 0.807. The summed E-state index contributed by atoms with van der Waals surface area (Å²) in [4.78, 5) is 11.6. The number of hydrogen-bond donors (Lipinski definition) is 1. The van der Waals surface area contributed by atoms with Gasteiger partial charge in [0, 0.05) is 11.0 Å². The van der Waals surface area contributed by atoms with E-state index >= 15 is 0 Å². The second kappa shape index (κ2) is 3.75. The predicted octanol–water partition coefficient (Wildman–Crippen LogP) is 3.28. The van der Waals surface area contributed by atoms with E-state index in [9.17, 15) is 4.79 Å². The van der Waals surface area contributed by atoms with Gasteiger partial charge in [0.1, 0.15) is 0 Å². The van der Waals surface area contributed by atoms with Crippen LogP contribution in [0.5, 0.6) is 0 Å². The minimum Gasteiger partial charge on any atom is -0.478 e. The summed E-state index contributed by atoms with van der Waals surface area (Å²) in [7, 11) is 0. The molecule has 1 aliphatic rings. The zero-order valence-corrected chi connectivity index (χ0v) is 8.94. The molecule has 2 rings (SSSR count). The van der Waals surface area contributed by atoms with Crippen molar-refractivity contribution in [3.8, 4) is 0 Å². The lowest BCUT2D eigenvalue weighted by atomic mass is 10.1. The van der Waals surface area contributed by atoms with Crippen molar-refractivity contribution in [2.75, 3.05) is 0 Å². The minimum absolute atomic E-state index is 0.431. The summed E-state index contributed by atoms with van der Waals surface area (Å²) < 4.78 is 0.705. The third-order valence-electron chi connectivity index (χ3n) is 2.15. The SMILES string of the molecule is O=C(O)/C=C(/c1ccc(Cl)s1)C1CC1. The number of aliphatic carboxylic acids is 1. The van der Waals surface area contributed by atoms with E-state index in [-0.39, 0.29) is 0 Å². The minimum atomic E-state index is -0.878. The van der Waals surface area contributed by atoms with Gasteiger partial charge in [-0.15, -0.1) is 11.3 Å². The molecule has 0 spiro atoms. The van der Waals surface area contributed by atoms with Crippen molar-refractivity contribution < 1.29 is 9.90 Å². The molecular weight excluding hydrogens is 220 g/mol. The topological polar surface area (TPSA) is 37.3 Å². The molecule has 0 atom stereocenters. The van der Waals surface area contributed by atoms with Crippen molar-refractivity contribution in [2.24, 2.45) is 5.92 Å². The molecule has 1 saturated carbocycles.